The van der Waals surface area contributed by atoms with Gasteiger partial charge in [0, 0.05) is 23.4 Å². The summed E-state index contributed by atoms with van der Waals surface area (Å²) in [4.78, 5) is 24.1. The molecular weight excluding hydrogens is 328 g/mol. The lowest BCUT2D eigenvalue weighted by molar-refractivity contribution is -0.122. The van der Waals surface area contributed by atoms with Crippen LogP contribution >= 0.6 is 11.6 Å². The molecule has 2 N–H and O–H groups in total. The molecule has 2 amide bonds. The first kappa shape index (κ1) is 18.4. The molecule has 122 valence electrons. The van der Waals surface area contributed by atoms with Crippen molar-refractivity contribution >= 4 is 33.3 Å². The average Bonchev–Trinajstić information content (AvgIpc) is 2.43. The van der Waals surface area contributed by atoms with Crippen molar-refractivity contribution in [2.75, 3.05) is 18.6 Å². The maximum atomic E-state index is 12.1. The number of benzene rings is 1. The van der Waals surface area contributed by atoms with Crippen LogP contribution < -0.4 is 10.6 Å². The molecular formula is C14H19ClN2O4S. The first-order chi connectivity index (χ1) is 10.2. The molecule has 1 atom stereocenters. The molecule has 0 aliphatic heterocycles. The molecule has 0 saturated heterocycles. The van der Waals surface area contributed by atoms with E-state index in [1.54, 1.807) is 19.1 Å². The van der Waals surface area contributed by atoms with Crippen molar-refractivity contribution in [2.24, 2.45) is 0 Å². The summed E-state index contributed by atoms with van der Waals surface area (Å²) < 4.78 is 22.5. The fourth-order valence-corrected chi connectivity index (χ4v) is 2.53. The second-order valence-corrected chi connectivity index (χ2v) is 7.54. The van der Waals surface area contributed by atoms with Crippen LogP contribution in [0.2, 0.25) is 5.02 Å². The Hall–Kier alpha value is -1.60. The van der Waals surface area contributed by atoms with Crippen molar-refractivity contribution in [3.63, 3.8) is 0 Å². The van der Waals surface area contributed by atoms with Crippen LogP contribution in [0.3, 0.4) is 0 Å². The van der Waals surface area contributed by atoms with E-state index in [1.807, 2.05) is 0 Å². The van der Waals surface area contributed by atoms with Crippen molar-refractivity contribution in [2.45, 2.75) is 19.4 Å². The number of amides is 2. The van der Waals surface area contributed by atoms with Gasteiger partial charge in [-0.2, -0.15) is 0 Å². The third-order valence-corrected chi connectivity index (χ3v) is 4.09. The number of sulfone groups is 1. The number of carbonyl (C=O) groups excluding carboxylic acids is 2. The first-order valence-electron chi connectivity index (χ1n) is 6.75. The zero-order chi connectivity index (χ0) is 16.8. The molecule has 0 spiro atoms. The minimum atomic E-state index is -3.22. The molecule has 0 heterocycles. The molecule has 0 bridgehead atoms. The van der Waals surface area contributed by atoms with E-state index in [0.29, 0.717) is 17.1 Å². The summed E-state index contributed by atoms with van der Waals surface area (Å²) in [5.74, 6) is -1.05. The van der Waals surface area contributed by atoms with Gasteiger partial charge in [0.2, 0.25) is 5.91 Å². The smallest absolute Gasteiger partial charge is 0.251 e. The van der Waals surface area contributed by atoms with Crippen LogP contribution in [0.1, 0.15) is 23.7 Å². The maximum absolute atomic E-state index is 12.1. The van der Waals surface area contributed by atoms with Crippen LogP contribution in [0.25, 0.3) is 0 Å². The van der Waals surface area contributed by atoms with E-state index in [9.17, 15) is 18.0 Å². The van der Waals surface area contributed by atoms with Gasteiger partial charge in [-0.1, -0.05) is 11.6 Å². The summed E-state index contributed by atoms with van der Waals surface area (Å²) in [6.45, 7) is 2.14. The lowest BCUT2D eigenvalue weighted by Crippen LogP contribution is -2.47. The molecule has 0 radical (unpaired) electrons. The Morgan fingerprint density at radius 2 is 1.82 bits per heavy atom. The molecule has 22 heavy (non-hydrogen) atoms. The Labute approximate surface area is 135 Å². The Morgan fingerprint density at radius 3 is 2.32 bits per heavy atom. The SMILES string of the molecule is CCNC(=O)[C@H](CCS(C)(=O)=O)NC(=O)c1ccc(Cl)cc1. The molecule has 1 aromatic rings. The second-order valence-electron chi connectivity index (χ2n) is 4.85. The lowest BCUT2D eigenvalue weighted by Gasteiger charge is -2.17. The maximum Gasteiger partial charge on any atom is 0.251 e. The molecule has 0 aliphatic carbocycles. The predicted molar refractivity (Wildman–Crippen MR) is 85.7 cm³/mol. The zero-order valence-electron chi connectivity index (χ0n) is 12.4. The fourth-order valence-electron chi connectivity index (χ4n) is 1.74. The Balaban J connectivity index is 2.80. The van der Waals surface area contributed by atoms with Gasteiger partial charge >= 0.3 is 0 Å². The minimum Gasteiger partial charge on any atom is -0.355 e. The highest BCUT2D eigenvalue weighted by Crippen LogP contribution is 2.10. The monoisotopic (exact) mass is 346 g/mol. The van der Waals surface area contributed by atoms with E-state index in [-0.39, 0.29) is 12.2 Å². The van der Waals surface area contributed by atoms with E-state index >= 15 is 0 Å². The first-order valence-corrected chi connectivity index (χ1v) is 9.18. The number of hydrogen-bond donors (Lipinski definition) is 2. The van der Waals surface area contributed by atoms with E-state index in [1.165, 1.54) is 12.1 Å². The lowest BCUT2D eigenvalue weighted by atomic mass is 10.1. The highest BCUT2D eigenvalue weighted by molar-refractivity contribution is 7.90. The molecule has 0 saturated carbocycles. The van der Waals surface area contributed by atoms with Gasteiger partial charge in [-0.15, -0.1) is 0 Å². The largest absolute Gasteiger partial charge is 0.355 e. The number of nitrogens with one attached hydrogen (secondary N) is 2. The van der Waals surface area contributed by atoms with E-state index in [2.05, 4.69) is 10.6 Å². The summed E-state index contributed by atoms with van der Waals surface area (Å²) in [5.41, 5.74) is 0.345. The summed E-state index contributed by atoms with van der Waals surface area (Å²) in [6.07, 6.45) is 1.10. The van der Waals surface area contributed by atoms with Crippen molar-refractivity contribution < 1.29 is 18.0 Å². The van der Waals surface area contributed by atoms with Gasteiger partial charge in [0.25, 0.3) is 5.91 Å². The normalized spacial score (nSPS) is 12.5. The van der Waals surface area contributed by atoms with Crippen LogP contribution in [-0.2, 0) is 14.6 Å². The number of likely N-dealkylation sites (N-methyl/N-ethyl adjacent to an activating group) is 1. The molecule has 1 aromatic carbocycles. The van der Waals surface area contributed by atoms with Gasteiger partial charge in [0.1, 0.15) is 15.9 Å². The molecule has 0 aliphatic rings. The van der Waals surface area contributed by atoms with Crippen molar-refractivity contribution in [3.8, 4) is 0 Å². The molecule has 8 heteroatoms. The van der Waals surface area contributed by atoms with E-state index in [0.717, 1.165) is 6.26 Å². The summed E-state index contributed by atoms with van der Waals surface area (Å²) in [5, 5.41) is 5.62. The topological polar surface area (TPSA) is 92.3 Å². The van der Waals surface area contributed by atoms with Crippen molar-refractivity contribution in [1.29, 1.82) is 0 Å². The molecule has 1 rings (SSSR count). The summed E-state index contributed by atoms with van der Waals surface area (Å²) in [7, 11) is -3.22. The van der Waals surface area contributed by atoms with Gasteiger partial charge in [0.05, 0.1) is 5.75 Å². The van der Waals surface area contributed by atoms with Crippen LogP contribution in [-0.4, -0.2) is 44.8 Å². The van der Waals surface area contributed by atoms with Crippen LogP contribution in [0.15, 0.2) is 24.3 Å². The quantitative estimate of drug-likeness (QED) is 0.770. The molecule has 0 aromatic heterocycles. The highest BCUT2D eigenvalue weighted by Gasteiger charge is 2.22. The Morgan fingerprint density at radius 1 is 1.23 bits per heavy atom. The van der Waals surface area contributed by atoms with Crippen LogP contribution in [0, 0.1) is 0 Å². The highest BCUT2D eigenvalue weighted by atomic mass is 35.5. The van der Waals surface area contributed by atoms with Crippen molar-refractivity contribution in [1.82, 2.24) is 10.6 Å². The number of carbonyl (C=O) groups is 2. The van der Waals surface area contributed by atoms with Gasteiger partial charge < -0.3 is 10.6 Å². The van der Waals surface area contributed by atoms with Gasteiger partial charge in [-0.3, -0.25) is 9.59 Å². The number of rotatable bonds is 7. The Bertz CT molecular complexity index is 629. The second kappa shape index (κ2) is 8.14. The van der Waals surface area contributed by atoms with Gasteiger partial charge in [-0.25, -0.2) is 8.42 Å². The van der Waals surface area contributed by atoms with Gasteiger partial charge in [-0.05, 0) is 37.6 Å². The fraction of sp³-hybridized carbons (Fsp3) is 0.429. The van der Waals surface area contributed by atoms with Crippen LogP contribution in [0.5, 0.6) is 0 Å². The standard InChI is InChI=1S/C14H19ClN2O4S/c1-3-16-14(19)12(8-9-22(2,20)21)17-13(18)10-4-6-11(15)7-5-10/h4-7,12H,3,8-9H2,1-2H3,(H,16,19)(H,17,18)/t12-/m0/s1. The predicted octanol–water partition coefficient (Wildman–Crippen LogP) is 1.01. The Kier molecular flexibility index (Phi) is 6.83. The third kappa shape index (κ3) is 6.44. The molecule has 6 nitrogen and oxygen atoms in total. The summed E-state index contributed by atoms with van der Waals surface area (Å²) >= 11 is 5.75. The van der Waals surface area contributed by atoms with E-state index in [4.69, 9.17) is 11.6 Å². The average molecular weight is 347 g/mol. The minimum absolute atomic E-state index is 0.0179. The van der Waals surface area contributed by atoms with Crippen molar-refractivity contribution in [3.05, 3.63) is 34.9 Å². The molecule has 0 fully saturated rings. The molecule has 0 unspecified atom stereocenters. The van der Waals surface area contributed by atoms with Gasteiger partial charge in [0.15, 0.2) is 0 Å². The zero-order valence-corrected chi connectivity index (χ0v) is 14.0. The third-order valence-electron chi connectivity index (χ3n) is 2.86. The van der Waals surface area contributed by atoms with Crippen LogP contribution in [0.4, 0.5) is 0 Å². The number of hydrogen-bond acceptors (Lipinski definition) is 4. The number of halogens is 1. The summed E-state index contributed by atoms with van der Waals surface area (Å²) in [6, 6.07) is 5.28. The van der Waals surface area contributed by atoms with E-state index < -0.39 is 27.7 Å².